The fraction of sp³-hybridized carbons (Fsp3) is 0.909. The second-order valence-electron chi connectivity index (χ2n) is 4.46. The molecule has 0 radical (unpaired) electrons. The Morgan fingerprint density at radius 3 is 2.53 bits per heavy atom. The summed E-state index contributed by atoms with van der Waals surface area (Å²) in [6.45, 7) is 8.77. The Hall–Kier alpha value is -0.350. The molecule has 1 saturated heterocycles. The van der Waals surface area contributed by atoms with Gasteiger partial charge >= 0.3 is 0 Å². The molecule has 1 aliphatic rings. The van der Waals surface area contributed by atoms with Crippen LogP contribution in [-0.4, -0.2) is 42.2 Å². The fourth-order valence-electron chi connectivity index (χ4n) is 1.82. The van der Waals surface area contributed by atoms with Crippen molar-refractivity contribution < 1.29 is 0 Å². The van der Waals surface area contributed by atoms with Crippen LogP contribution in [0.25, 0.3) is 0 Å². The van der Waals surface area contributed by atoms with Gasteiger partial charge in [0.05, 0.1) is 0 Å². The van der Waals surface area contributed by atoms with E-state index in [0.29, 0.717) is 6.04 Å². The Morgan fingerprint density at radius 1 is 1.27 bits per heavy atom. The predicted octanol–water partition coefficient (Wildman–Crippen LogP) is 1.34. The van der Waals surface area contributed by atoms with Crippen molar-refractivity contribution in [3.8, 4) is 0 Å². The predicted molar refractivity (Wildman–Crippen MR) is 69.2 cm³/mol. The summed E-state index contributed by atoms with van der Waals surface area (Å²) in [5.74, 6) is 0. The van der Waals surface area contributed by atoms with Crippen LogP contribution in [0.3, 0.4) is 0 Å². The maximum atomic E-state index is 5.16. The van der Waals surface area contributed by atoms with Crippen LogP contribution < -0.4 is 10.6 Å². The molecule has 0 spiro atoms. The molecule has 4 heteroatoms. The second kappa shape index (κ2) is 7.01. The summed E-state index contributed by atoms with van der Waals surface area (Å²) in [5, 5.41) is 7.20. The molecule has 0 aromatic rings. The molecule has 0 amide bonds. The van der Waals surface area contributed by atoms with Crippen molar-refractivity contribution >= 4 is 17.3 Å². The van der Waals surface area contributed by atoms with Crippen molar-refractivity contribution in [2.24, 2.45) is 0 Å². The van der Waals surface area contributed by atoms with E-state index in [1.807, 2.05) is 0 Å². The Balaban J connectivity index is 2.02. The molecule has 0 aliphatic carbocycles. The molecule has 3 nitrogen and oxygen atoms in total. The van der Waals surface area contributed by atoms with E-state index in [9.17, 15) is 0 Å². The first kappa shape index (κ1) is 12.7. The zero-order chi connectivity index (χ0) is 11.1. The van der Waals surface area contributed by atoms with Crippen LogP contribution in [0.1, 0.15) is 33.1 Å². The van der Waals surface area contributed by atoms with Gasteiger partial charge in [0.2, 0.25) is 0 Å². The van der Waals surface area contributed by atoms with E-state index in [4.69, 9.17) is 12.2 Å². The smallest absolute Gasteiger partial charge is 0.166 e. The molecule has 1 rings (SSSR count). The molecule has 0 unspecified atom stereocenters. The van der Waals surface area contributed by atoms with E-state index in [1.54, 1.807) is 0 Å². The summed E-state index contributed by atoms with van der Waals surface area (Å²) in [6, 6.07) is 0.417. The molecule has 0 aromatic heterocycles. The molecule has 2 N–H and O–H groups in total. The zero-order valence-electron chi connectivity index (χ0n) is 9.88. The van der Waals surface area contributed by atoms with Gasteiger partial charge in [-0.3, -0.25) is 0 Å². The van der Waals surface area contributed by atoms with Crippen molar-refractivity contribution in [2.45, 2.75) is 39.2 Å². The minimum atomic E-state index is 0.417. The van der Waals surface area contributed by atoms with Crippen LogP contribution in [0.2, 0.25) is 0 Å². The van der Waals surface area contributed by atoms with Crippen LogP contribution in [0.4, 0.5) is 0 Å². The van der Waals surface area contributed by atoms with Crippen molar-refractivity contribution in [1.82, 2.24) is 15.5 Å². The van der Waals surface area contributed by atoms with Gasteiger partial charge in [-0.15, -0.1) is 0 Å². The third-order valence-corrected chi connectivity index (χ3v) is 2.84. The molecule has 1 heterocycles. The SMILES string of the molecule is CC(C)NC(=S)NCCN1CCCCC1. The van der Waals surface area contributed by atoms with E-state index < -0.39 is 0 Å². The average molecular weight is 229 g/mol. The Bertz CT molecular complexity index is 188. The highest BCUT2D eigenvalue weighted by molar-refractivity contribution is 7.80. The normalized spacial score (nSPS) is 17.8. The molecule has 1 fully saturated rings. The lowest BCUT2D eigenvalue weighted by molar-refractivity contribution is 0.232. The molecular weight excluding hydrogens is 206 g/mol. The van der Waals surface area contributed by atoms with E-state index >= 15 is 0 Å². The maximum absolute atomic E-state index is 5.16. The van der Waals surface area contributed by atoms with E-state index in [0.717, 1.165) is 18.2 Å². The lowest BCUT2D eigenvalue weighted by atomic mass is 10.1. The van der Waals surface area contributed by atoms with Crippen LogP contribution in [0, 0.1) is 0 Å². The topological polar surface area (TPSA) is 27.3 Å². The summed E-state index contributed by atoms with van der Waals surface area (Å²) in [5.41, 5.74) is 0. The highest BCUT2D eigenvalue weighted by Gasteiger charge is 2.09. The summed E-state index contributed by atoms with van der Waals surface area (Å²) < 4.78 is 0. The number of likely N-dealkylation sites (tertiary alicyclic amines) is 1. The molecule has 0 saturated carbocycles. The van der Waals surface area contributed by atoms with Crippen LogP contribution in [-0.2, 0) is 0 Å². The monoisotopic (exact) mass is 229 g/mol. The first-order valence-electron chi connectivity index (χ1n) is 5.95. The van der Waals surface area contributed by atoms with Gasteiger partial charge in [-0.1, -0.05) is 6.42 Å². The van der Waals surface area contributed by atoms with Crippen molar-refractivity contribution in [1.29, 1.82) is 0 Å². The van der Waals surface area contributed by atoms with Gasteiger partial charge < -0.3 is 15.5 Å². The van der Waals surface area contributed by atoms with E-state index in [1.165, 1.54) is 32.4 Å². The van der Waals surface area contributed by atoms with Gasteiger partial charge in [0, 0.05) is 19.1 Å². The minimum Gasteiger partial charge on any atom is -0.361 e. The first-order chi connectivity index (χ1) is 7.18. The van der Waals surface area contributed by atoms with Crippen molar-refractivity contribution in [3.05, 3.63) is 0 Å². The Labute approximate surface area is 98.6 Å². The number of thiocarbonyl (C=S) groups is 1. The highest BCUT2D eigenvalue weighted by Crippen LogP contribution is 2.07. The zero-order valence-corrected chi connectivity index (χ0v) is 10.7. The van der Waals surface area contributed by atoms with Gasteiger partial charge in [-0.25, -0.2) is 0 Å². The second-order valence-corrected chi connectivity index (χ2v) is 4.87. The highest BCUT2D eigenvalue weighted by atomic mass is 32.1. The molecule has 0 aromatic carbocycles. The molecule has 0 bridgehead atoms. The molecule has 0 atom stereocenters. The Morgan fingerprint density at radius 2 is 1.93 bits per heavy atom. The maximum Gasteiger partial charge on any atom is 0.166 e. The Kier molecular flexibility index (Phi) is 5.95. The molecule has 1 aliphatic heterocycles. The minimum absolute atomic E-state index is 0.417. The van der Waals surface area contributed by atoms with Gasteiger partial charge in [0.15, 0.2) is 5.11 Å². The van der Waals surface area contributed by atoms with Crippen molar-refractivity contribution in [3.63, 3.8) is 0 Å². The van der Waals surface area contributed by atoms with Gasteiger partial charge in [-0.2, -0.15) is 0 Å². The third-order valence-electron chi connectivity index (χ3n) is 2.58. The fourth-order valence-corrected chi connectivity index (χ4v) is 2.16. The lowest BCUT2D eigenvalue weighted by Crippen LogP contribution is -2.43. The molecular formula is C11H23N3S. The van der Waals surface area contributed by atoms with Gasteiger partial charge in [0.1, 0.15) is 0 Å². The number of hydrogen-bond acceptors (Lipinski definition) is 2. The largest absolute Gasteiger partial charge is 0.361 e. The third kappa shape index (κ3) is 5.95. The number of piperidine rings is 1. The number of rotatable bonds is 4. The van der Waals surface area contributed by atoms with Gasteiger partial charge in [0.25, 0.3) is 0 Å². The summed E-state index contributed by atoms with van der Waals surface area (Å²) in [7, 11) is 0. The van der Waals surface area contributed by atoms with E-state index in [-0.39, 0.29) is 0 Å². The van der Waals surface area contributed by atoms with Crippen LogP contribution in [0.15, 0.2) is 0 Å². The summed E-state index contributed by atoms with van der Waals surface area (Å²) >= 11 is 5.16. The summed E-state index contributed by atoms with van der Waals surface area (Å²) in [4.78, 5) is 2.51. The number of hydrogen-bond donors (Lipinski definition) is 2. The van der Waals surface area contributed by atoms with Gasteiger partial charge in [-0.05, 0) is 52.0 Å². The number of nitrogens with one attached hydrogen (secondary N) is 2. The van der Waals surface area contributed by atoms with Crippen LogP contribution >= 0.6 is 12.2 Å². The standard InChI is InChI=1S/C11H23N3S/c1-10(2)13-11(15)12-6-9-14-7-4-3-5-8-14/h10H,3-9H2,1-2H3,(H2,12,13,15). The molecule has 15 heavy (non-hydrogen) atoms. The molecule has 88 valence electrons. The lowest BCUT2D eigenvalue weighted by Gasteiger charge is -2.26. The average Bonchev–Trinajstić information content (AvgIpc) is 2.18. The van der Waals surface area contributed by atoms with E-state index in [2.05, 4.69) is 29.4 Å². The van der Waals surface area contributed by atoms with Crippen molar-refractivity contribution in [2.75, 3.05) is 26.2 Å². The quantitative estimate of drug-likeness (QED) is 0.712. The number of nitrogens with zero attached hydrogens (tertiary/aromatic N) is 1. The first-order valence-corrected chi connectivity index (χ1v) is 6.36. The summed E-state index contributed by atoms with van der Waals surface area (Å²) in [6.07, 6.45) is 4.11. The van der Waals surface area contributed by atoms with Crippen LogP contribution in [0.5, 0.6) is 0 Å².